The number of halogens is 3. The Morgan fingerprint density at radius 3 is 2.41 bits per heavy atom. The lowest BCUT2D eigenvalue weighted by Crippen LogP contribution is -2.35. The Kier molecular flexibility index (Phi) is 5.45. The van der Waals surface area contributed by atoms with Crippen molar-refractivity contribution in [3.63, 3.8) is 0 Å². The normalized spacial score (nSPS) is 15.4. The van der Waals surface area contributed by atoms with Gasteiger partial charge in [0.2, 0.25) is 0 Å². The van der Waals surface area contributed by atoms with Crippen LogP contribution in [0.15, 0.2) is 42.5 Å². The second kappa shape index (κ2) is 6.97. The summed E-state index contributed by atoms with van der Waals surface area (Å²) in [5.41, 5.74) is 6.12. The minimum Gasteiger partial charge on any atom is -0.379 e. The molecule has 0 amide bonds. The third kappa shape index (κ3) is 3.79. The van der Waals surface area contributed by atoms with Crippen LogP contribution in [0.2, 0.25) is 10.0 Å². The average molecular weight is 342 g/mol. The van der Waals surface area contributed by atoms with Gasteiger partial charge in [0.15, 0.2) is 0 Å². The van der Waals surface area contributed by atoms with Gasteiger partial charge in [-0.2, -0.15) is 0 Å². The van der Waals surface area contributed by atoms with Crippen molar-refractivity contribution < 1.29 is 9.50 Å². The maximum Gasteiger partial charge on any atom is 0.145 e. The average Bonchev–Trinajstić information content (AvgIpc) is 2.43. The van der Waals surface area contributed by atoms with Gasteiger partial charge in [-0.15, -0.1) is 0 Å². The fourth-order valence-corrected chi connectivity index (χ4v) is 3.15. The largest absolute Gasteiger partial charge is 0.379 e. The zero-order valence-electron chi connectivity index (χ0n) is 12.2. The monoisotopic (exact) mass is 341 g/mol. The van der Waals surface area contributed by atoms with E-state index in [1.165, 1.54) is 6.07 Å². The number of aliphatic hydroxyl groups is 1. The molecule has 0 bridgehead atoms. The van der Waals surface area contributed by atoms with E-state index in [1.807, 2.05) is 25.1 Å². The third-order valence-electron chi connectivity index (χ3n) is 3.80. The number of benzene rings is 2. The molecule has 2 rings (SSSR count). The number of nitrogens with two attached hydrogens (primary N) is 1. The van der Waals surface area contributed by atoms with E-state index in [4.69, 9.17) is 28.9 Å². The fourth-order valence-electron chi connectivity index (χ4n) is 2.77. The van der Waals surface area contributed by atoms with E-state index >= 15 is 0 Å². The van der Waals surface area contributed by atoms with Crippen LogP contribution in [0.4, 0.5) is 4.39 Å². The molecule has 3 N–H and O–H groups in total. The first-order valence-electron chi connectivity index (χ1n) is 6.95. The lowest BCUT2D eigenvalue weighted by molar-refractivity contribution is 0.139. The van der Waals surface area contributed by atoms with Crippen molar-refractivity contribution in [1.29, 1.82) is 0 Å². The van der Waals surface area contributed by atoms with Gasteiger partial charge in [-0.25, -0.2) is 4.39 Å². The molecular formula is C17H18Cl2FNO. The van der Waals surface area contributed by atoms with Crippen molar-refractivity contribution in [3.05, 3.63) is 69.5 Å². The first-order chi connectivity index (χ1) is 10.3. The van der Waals surface area contributed by atoms with Crippen LogP contribution in [0, 0.1) is 5.82 Å². The minimum absolute atomic E-state index is 0.0504. The van der Waals surface area contributed by atoms with Crippen LogP contribution in [-0.4, -0.2) is 11.3 Å². The molecule has 0 heterocycles. The predicted octanol–water partition coefficient (Wildman–Crippen LogP) is 4.30. The molecule has 2 nitrogen and oxygen atoms in total. The van der Waals surface area contributed by atoms with Crippen LogP contribution in [0.5, 0.6) is 0 Å². The molecule has 0 saturated heterocycles. The smallest absolute Gasteiger partial charge is 0.145 e. The van der Waals surface area contributed by atoms with Crippen LogP contribution in [0.1, 0.15) is 24.5 Å². The van der Waals surface area contributed by atoms with E-state index in [2.05, 4.69) is 0 Å². The van der Waals surface area contributed by atoms with Crippen LogP contribution < -0.4 is 5.73 Å². The zero-order chi connectivity index (χ0) is 16.3. The van der Waals surface area contributed by atoms with Gasteiger partial charge in [-0.1, -0.05) is 60.5 Å². The molecular weight excluding hydrogens is 324 g/mol. The number of hydrogen-bond acceptors (Lipinski definition) is 2. The quantitative estimate of drug-likeness (QED) is 0.796. The highest BCUT2D eigenvalue weighted by molar-refractivity contribution is 6.31. The summed E-state index contributed by atoms with van der Waals surface area (Å²) in [6.45, 7) is 1.85. The Hall–Kier alpha value is -1.13. The van der Waals surface area contributed by atoms with Crippen LogP contribution in [0.3, 0.4) is 0 Å². The summed E-state index contributed by atoms with van der Waals surface area (Å²) in [6.07, 6.45) is -0.431. The number of aliphatic hydroxyl groups excluding tert-OH is 1. The summed E-state index contributed by atoms with van der Waals surface area (Å²) >= 11 is 12.1. The van der Waals surface area contributed by atoms with Crippen molar-refractivity contribution in [2.24, 2.45) is 5.73 Å². The van der Waals surface area contributed by atoms with Crippen molar-refractivity contribution >= 4 is 23.2 Å². The van der Waals surface area contributed by atoms with Gasteiger partial charge in [-0.05, 0) is 36.1 Å². The molecule has 2 aromatic carbocycles. The van der Waals surface area contributed by atoms with Crippen molar-refractivity contribution in [1.82, 2.24) is 0 Å². The molecule has 0 saturated carbocycles. The molecule has 118 valence electrons. The molecule has 0 fully saturated rings. The Bertz CT molecular complexity index is 663. The first-order valence-corrected chi connectivity index (χ1v) is 7.70. The maximum atomic E-state index is 14.5. The second-order valence-corrected chi connectivity index (χ2v) is 6.52. The standard InChI is InChI=1S/C17H18Cl2FNO/c1-17(10-15(21)22,9-11-5-2-3-7-13(11)18)12-6-4-8-14(19)16(12)20/h2-8,15,22H,9-10,21H2,1H3/t15-,17?/m1/s1. The summed E-state index contributed by atoms with van der Waals surface area (Å²) in [5.74, 6) is -0.487. The van der Waals surface area contributed by atoms with E-state index in [-0.39, 0.29) is 11.4 Å². The van der Waals surface area contributed by atoms with Gasteiger partial charge >= 0.3 is 0 Å². The SMILES string of the molecule is CC(Cc1ccccc1Cl)(C[C@H](N)O)c1cccc(Cl)c1F. The van der Waals surface area contributed by atoms with Crippen LogP contribution in [0.25, 0.3) is 0 Å². The fraction of sp³-hybridized carbons (Fsp3) is 0.294. The summed E-state index contributed by atoms with van der Waals surface area (Å²) in [5, 5.41) is 10.3. The van der Waals surface area contributed by atoms with Crippen LogP contribution in [-0.2, 0) is 11.8 Å². The molecule has 0 spiro atoms. The summed E-state index contributed by atoms with van der Waals surface area (Å²) < 4.78 is 14.5. The second-order valence-electron chi connectivity index (χ2n) is 5.70. The lowest BCUT2D eigenvalue weighted by atomic mass is 9.74. The van der Waals surface area contributed by atoms with Gasteiger partial charge in [0.05, 0.1) is 5.02 Å². The highest BCUT2D eigenvalue weighted by atomic mass is 35.5. The molecule has 5 heteroatoms. The maximum absolute atomic E-state index is 14.5. The Morgan fingerprint density at radius 2 is 1.77 bits per heavy atom. The molecule has 0 aliphatic carbocycles. The highest BCUT2D eigenvalue weighted by Crippen LogP contribution is 2.37. The van der Waals surface area contributed by atoms with E-state index < -0.39 is 17.5 Å². The Morgan fingerprint density at radius 1 is 1.14 bits per heavy atom. The third-order valence-corrected chi connectivity index (χ3v) is 4.46. The van der Waals surface area contributed by atoms with Crippen LogP contribution >= 0.6 is 23.2 Å². The molecule has 0 aliphatic rings. The van der Waals surface area contributed by atoms with Gasteiger partial charge in [0, 0.05) is 10.4 Å². The summed E-state index contributed by atoms with van der Waals surface area (Å²) in [6, 6.07) is 12.2. The molecule has 0 aromatic heterocycles. The highest BCUT2D eigenvalue weighted by Gasteiger charge is 2.32. The van der Waals surface area contributed by atoms with Gasteiger partial charge < -0.3 is 10.8 Å². The van der Waals surface area contributed by atoms with Gasteiger partial charge in [-0.3, -0.25) is 0 Å². The van der Waals surface area contributed by atoms with E-state index in [1.54, 1.807) is 18.2 Å². The van der Waals surface area contributed by atoms with Crippen molar-refractivity contribution in [2.75, 3.05) is 0 Å². The van der Waals surface area contributed by atoms with Gasteiger partial charge in [0.1, 0.15) is 12.0 Å². The molecule has 2 aromatic rings. The molecule has 0 radical (unpaired) electrons. The molecule has 2 atom stereocenters. The van der Waals surface area contributed by atoms with Gasteiger partial charge in [0.25, 0.3) is 0 Å². The molecule has 0 aliphatic heterocycles. The van der Waals surface area contributed by atoms with E-state index in [9.17, 15) is 9.50 Å². The first kappa shape index (κ1) is 17.2. The number of rotatable bonds is 5. The van der Waals surface area contributed by atoms with E-state index in [0.29, 0.717) is 17.0 Å². The minimum atomic E-state index is -1.06. The van der Waals surface area contributed by atoms with Crippen molar-refractivity contribution in [3.8, 4) is 0 Å². The lowest BCUT2D eigenvalue weighted by Gasteiger charge is -2.32. The topological polar surface area (TPSA) is 46.2 Å². The predicted molar refractivity (Wildman–Crippen MR) is 88.7 cm³/mol. The van der Waals surface area contributed by atoms with E-state index in [0.717, 1.165) is 5.56 Å². The molecule has 22 heavy (non-hydrogen) atoms. The van der Waals surface area contributed by atoms with Crippen molar-refractivity contribution in [2.45, 2.75) is 31.4 Å². The number of hydrogen-bond donors (Lipinski definition) is 2. The Labute approximate surface area is 139 Å². The molecule has 1 unspecified atom stereocenters. The zero-order valence-corrected chi connectivity index (χ0v) is 13.7. The summed E-state index contributed by atoms with van der Waals surface area (Å²) in [7, 11) is 0. The Balaban J connectivity index is 2.48. The summed E-state index contributed by atoms with van der Waals surface area (Å²) in [4.78, 5) is 0.